The quantitative estimate of drug-likeness (QED) is 0.513. The lowest BCUT2D eigenvalue weighted by Gasteiger charge is -1.90. The molecule has 0 fully saturated rings. The molecule has 0 spiro atoms. The number of H-pyrrole nitrogens is 2. The van der Waals surface area contributed by atoms with Crippen molar-refractivity contribution < 1.29 is 0 Å². The van der Waals surface area contributed by atoms with Gasteiger partial charge < -0.3 is 4.98 Å². The molecule has 0 unspecified atom stereocenters. The molecule has 0 bridgehead atoms. The van der Waals surface area contributed by atoms with Gasteiger partial charge in [0.1, 0.15) is 11.8 Å². The number of aromatic amines is 2. The lowest BCUT2D eigenvalue weighted by molar-refractivity contribution is 1.05. The van der Waals surface area contributed by atoms with Crippen LogP contribution in [0.4, 0.5) is 0 Å². The molecule has 3 heterocycles. The summed E-state index contributed by atoms with van der Waals surface area (Å²) in [5, 5.41) is 6.74. The predicted octanol–water partition coefficient (Wildman–Crippen LogP) is 0.663. The van der Waals surface area contributed by atoms with Crippen LogP contribution in [0.15, 0.2) is 12.7 Å². The van der Waals surface area contributed by atoms with Gasteiger partial charge in [-0.05, 0) is 12.2 Å². The average molecular weight is 192 g/mol. The smallest absolute Gasteiger partial charge is 0.200 e. The van der Waals surface area contributed by atoms with Gasteiger partial charge in [-0.1, -0.05) is 0 Å². The van der Waals surface area contributed by atoms with Crippen molar-refractivity contribution in [1.82, 2.24) is 29.5 Å². The van der Waals surface area contributed by atoms with Crippen molar-refractivity contribution in [2.45, 2.75) is 0 Å². The van der Waals surface area contributed by atoms with Crippen molar-refractivity contribution in [2.24, 2.45) is 0 Å². The van der Waals surface area contributed by atoms with E-state index in [1.54, 1.807) is 17.1 Å². The first-order chi connectivity index (χ1) is 6.36. The second kappa shape index (κ2) is 2.13. The van der Waals surface area contributed by atoms with Crippen LogP contribution in [0.5, 0.6) is 0 Å². The highest BCUT2D eigenvalue weighted by Gasteiger charge is 2.05. The van der Waals surface area contributed by atoms with Gasteiger partial charge in [0.25, 0.3) is 0 Å². The number of aromatic nitrogens is 6. The molecule has 7 heteroatoms. The van der Waals surface area contributed by atoms with Gasteiger partial charge in [-0.2, -0.15) is 5.10 Å². The summed E-state index contributed by atoms with van der Waals surface area (Å²) in [6.07, 6.45) is 3.18. The van der Waals surface area contributed by atoms with Crippen molar-refractivity contribution >= 4 is 29.0 Å². The molecule has 2 N–H and O–H groups in total. The number of hydrogen-bond donors (Lipinski definition) is 2. The second-order valence-electron chi connectivity index (χ2n) is 2.57. The largest absolute Gasteiger partial charge is 0.340 e. The van der Waals surface area contributed by atoms with Crippen LogP contribution in [0, 0.1) is 4.77 Å². The van der Waals surface area contributed by atoms with Crippen molar-refractivity contribution in [2.75, 3.05) is 0 Å². The van der Waals surface area contributed by atoms with Crippen LogP contribution >= 0.6 is 12.2 Å². The Bertz CT molecular complexity index is 631. The normalized spacial score (nSPS) is 11.4. The minimum atomic E-state index is 0.527. The Morgan fingerprint density at radius 3 is 3.23 bits per heavy atom. The van der Waals surface area contributed by atoms with Crippen LogP contribution in [0.25, 0.3) is 16.8 Å². The average Bonchev–Trinajstić information content (AvgIpc) is 2.70. The first-order valence-electron chi connectivity index (χ1n) is 3.61. The van der Waals surface area contributed by atoms with E-state index in [0.29, 0.717) is 16.1 Å². The Morgan fingerprint density at radius 2 is 2.31 bits per heavy atom. The lowest BCUT2D eigenvalue weighted by atomic mass is 10.5. The highest BCUT2D eigenvalue weighted by molar-refractivity contribution is 7.71. The van der Waals surface area contributed by atoms with E-state index < -0.39 is 0 Å². The predicted molar refractivity (Wildman–Crippen MR) is 47.8 cm³/mol. The third kappa shape index (κ3) is 0.760. The zero-order valence-corrected chi connectivity index (χ0v) is 7.17. The first kappa shape index (κ1) is 6.72. The highest BCUT2D eigenvalue weighted by Crippen LogP contribution is 2.10. The summed E-state index contributed by atoms with van der Waals surface area (Å²) in [6, 6.07) is 0. The second-order valence-corrected chi connectivity index (χ2v) is 2.95. The van der Waals surface area contributed by atoms with Gasteiger partial charge in [0.15, 0.2) is 11.3 Å². The molecule has 0 atom stereocenters. The highest BCUT2D eigenvalue weighted by atomic mass is 32.1. The van der Waals surface area contributed by atoms with Gasteiger partial charge in [-0.15, -0.1) is 0 Å². The molecule has 6 nitrogen and oxygen atoms in total. The molecular weight excluding hydrogens is 188 g/mol. The van der Waals surface area contributed by atoms with Crippen LogP contribution in [0.1, 0.15) is 0 Å². The number of hydrogen-bond acceptors (Lipinski definition) is 4. The lowest BCUT2D eigenvalue weighted by Crippen LogP contribution is -1.88. The van der Waals surface area contributed by atoms with Gasteiger partial charge in [0.2, 0.25) is 4.77 Å². The monoisotopic (exact) mass is 192 g/mol. The van der Waals surface area contributed by atoms with E-state index in [4.69, 9.17) is 12.2 Å². The van der Waals surface area contributed by atoms with Crippen LogP contribution < -0.4 is 0 Å². The number of fused-ring (bicyclic) bond motifs is 3. The zero-order chi connectivity index (χ0) is 8.84. The molecule has 0 saturated carbocycles. The van der Waals surface area contributed by atoms with Crippen LogP contribution in [0.3, 0.4) is 0 Å². The maximum atomic E-state index is 4.99. The Morgan fingerprint density at radius 1 is 1.38 bits per heavy atom. The molecule has 0 saturated heterocycles. The number of imidazole rings is 1. The number of nitrogens with zero attached hydrogens (tertiary/aromatic N) is 4. The maximum absolute atomic E-state index is 4.99. The summed E-state index contributed by atoms with van der Waals surface area (Å²) in [4.78, 5) is 11.1. The molecule has 0 aliphatic rings. The number of nitrogens with one attached hydrogen (secondary N) is 2. The van der Waals surface area contributed by atoms with E-state index in [-0.39, 0.29) is 0 Å². The van der Waals surface area contributed by atoms with E-state index in [1.807, 2.05) is 0 Å². The molecule has 3 aromatic heterocycles. The fraction of sp³-hybridized carbons (Fsp3) is 0. The topological polar surface area (TPSA) is 74.7 Å². The molecule has 3 rings (SSSR count). The summed E-state index contributed by atoms with van der Waals surface area (Å²) >= 11 is 4.99. The SMILES string of the molecule is S=c1[nH]nc2c3[nH]cnc3ncn12. The van der Waals surface area contributed by atoms with Gasteiger partial charge >= 0.3 is 0 Å². The third-order valence-corrected chi connectivity index (χ3v) is 2.13. The molecule has 0 aliphatic heterocycles. The van der Waals surface area contributed by atoms with Gasteiger partial charge in [0, 0.05) is 0 Å². The Balaban J connectivity index is 2.74. The molecule has 64 valence electrons. The minimum Gasteiger partial charge on any atom is -0.340 e. The Kier molecular flexibility index (Phi) is 1.10. The molecule has 0 aromatic carbocycles. The third-order valence-electron chi connectivity index (χ3n) is 1.84. The van der Waals surface area contributed by atoms with E-state index >= 15 is 0 Å². The summed E-state index contributed by atoms with van der Waals surface area (Å²) in [5.74, 6) is 0. The number of rotatable bonds is 0. The molecule has 0 amide bonds. The zero-order valence-electron chi connectivity index (χ0n) is 6.35. The maximum Gasteiger partial charge on any atom is 0.200 e. The van der Waals surface area contributed by atoms with Crippen LogP contribution in [0.2, 0.25) is 0 Å². The van der Waals surface area contributed by atoms with Gasteiger partial charge in [-0.25, -0.2) is 9.97 Å². The van der Waals surface area contributed by atoms with E-state index in [1.165, 1.54) is 0 Å². The van der Waals surface area contributed by atoms with E-state index in [0.717, 1.165) is 5.52 Å². The molecule has 3 aromatic rings. The molecular formula is C6H4N6S. The van der Waals surface area contributed by atoms with Crippen molar-refractivity contribution in [3.63, 3.8) is 0 Å². The minimum absolute atomic E-state index is 0.527. The van der Waals surface area contributed by atoms with Crippen LogP contribution in [-0.2, 0) is 0 Å². The standard InChI is InChI=1S/C6H4N6S/c13-6-11-10-5-3-4(8-1-7-3)9-2-12(5)6/h1-2H,(H,7,8)(H,11,13). The molecule has 13 heavy (non-hydrogen) atoms. The summed E-state index contributed by atoms with van der Waals surface area (Å²) < 4.78 is 2.22. The Labute approximate surface area is 76.6 Å². The van der Waals surface area contributed by atoms with Gasteiger partial charge in [-0.3, -0.25) is 9.50 Å². The summed E-state index contributed by atoms with van der Waals surface area (Å²) in [7, 11) is 0. The first-order valence-corrected chi connectivity index (χ1v) is 4.02. The van der Waals surface area contributed by atoms with Crippen molar-refractivity contribution in [1.29, 1.82) is 0 Å². The van der Waals surface area contributed by atoms with Gasteiger partial charge in [0.05, 0.1) is 6.33 Å². The fourth-order valence-electron chi connectivity index (χ4n) is 1.25. The molecule has 0 radical (unpaired) electrons. The van der Waals surface area contributed by atoms with E-state index in [9.17, 15) is 0 Å². The van der Waals surface area contributed by atoms with Crippen LogP contribution in [-0.4, -0.2) is 29.5 Å². The van der Waals surface area contributed by atoms with Crippen molar-refractivity contribution in [3.05, 3.63) is 17.4 Å². The summed E-state index contributed by atoms with van der Waals surface area (Å²) in [5.41, 5.74) is 2.14. The fourth-order valence-corrected chi connectivity index (χ4v) is 1.43. The summed E-state index contributed by atoms with van der Waals surface area (Å²) in [6.45, 7) is 0. The van der Waals surface area contributed by atoms with Crippen molar-refractivity contribution in [3.8, 4) is 0 Å². The van der Waals surface area contributed by atoms with E-state index in [2.05, 4.69) is 25.1 Å². The Hall–Kier alpha value is -1.76. The molecule has 0 aliphatic carbocycles.